The minimum absolute atomic E-state index is 0.0248. The third-order valence-corrected chi connectivity index (χ3v) is 7.33. The molecule has 0 unspecified atom stereocenters. The van der Waals surface area contributed by atoms with Gasteiger partial charge in [-0.3, -0.25) is 4.72 Å². The molecular weight excluding hydrogens is 501 g/mol. The quantitative estimate of drug-likeness (QED) is 0.592. The fourth-order valence-corrected chi connectivity index (χ4v) is 6.49. The smallest absolute Gasteiger partial charge is 0.265 e. The first-order valence-electron chi connectivity index (χ1n) is 8.97. The van der Waals surface area contributed by atoms with Crippen LogP contribution in [0.5, 0.6) is 5.75 Å². The van der Waals surface area contributed by atoms with E-state index in [9.17, 15) is 8.42 Å². The number of halogens is 3. The zero-order valence-electron chi connectivity index (χ0n) is 16.2. The molecule has 2 N–H and O–H groups in total. The van der Waals surface area contributed by atoms with Gasteiger partial charge in [-0.05, 0) is 44.2 Å². The lowest BCUT2D eigenvalue weighted by Crippen LogP contribution is -2.54. The van der Waals surface area contributed by atoms with Crippen LogP contribution in [0.4, 0.5) is 11.4 Å². The second-order valence-electron chi connectivity index (χ2n) is 7.06. The van der Waals surface area contributed by atoms with Crippen LogP contribution in [0.1, 0.15) is 13.8 Å². The number of methoxy groups -OCH3 is 1. The molecule has 0 aromatic heterocycles. The van der Waals surface area contributed by atoms with Crippen molar-refractivity contribution in [3.8, 4) is 5.75 Å². The Morgan fingerprint density at radius 2 is 1.72 bits per heavy atom. The van der Waals surface area contributed by atoms with Gasteiger partial charge in [0.15, 0.2) is 0 Å². The molecule has 0 saturated carbocycles. The molecule has 29 heavy (non-hydrogen) atoms. The van der Waals surface area contributed by atoms with Crippen LogP contribution in [0, 0.1) is 0 Å². The van der Waals surface area contributed by atoms with E-state index in [0.717, 1.165) is 18.8 Å². The maximum atomic E-state index is 13.0. The number of piperazine rings is 1. The lowest BCUT2D eigenvalue weighted by Gasteiger charge is -2.38. The number of rotatable bonds is 5. The largest absolute Gasteiger partial charge is 0.495 e. The van der Waals surface area contributed by atoms with E-state index in [1.165, 1.54) is 19.2 Å². The highest BCUT2D eigenvalue weighted by atomic mass is 79.9. The summed E-state index contributed by atoms with van der Waals surface area (Å²) in [5.41, 5.74) is 1.22. The van der Waals surface area contributed by atoms with Crippen molar-refractivity contribution in [3.63, 3.8) is 0 Å². The van der Waals surface area contributed by atoms with E-state index in [0.29, 0.717) is 28.0 Å². The van der Waals surface area contributed by atoms with Crippen LogP contribution < -0.4 is 19.7 Å². The van der Waals surface area contributed by atoms with Crippen LogP contribution in [0.2, 0.25) is 10.0 Å². The van der Waals surface area contributed by atoms with Crippen LogP contribution >= 0.6 is 39.1 Å². The van der Waals surface area contributed by atoms with Crippen molar-refractivity contribution in [1.29, 1.82) is 0 Å². The highest BCUT2D eigenvalue weighted by molar-refractivity contribution is 9.10. The summed E-state index contributed by atoms with van der Waals surface area (Å²) in [6.45, 7) is 5.86. The molecule has 2 aromatic carbocycles. The molecule has 6 nitrogen and oxygen atoms in total. The van der Waals surface area contributed by atoms with Gasteiger partial charge in [0.2, 0.25) is 0 Å². The van der Waals surface area contributed by atoms with Gasteiger partial charge in [0.1, 0.15) is 10.6 Å². The average molecular weight is 523 g/mol. The van der Waals surface area contributed by atoms with E-state index < -0.39 is 10.0 Å². The summed E-state index contributed by atoms with van der Waals surface area (Å²) in [5, 5.41) is 3.53. The van der Waals surface area contributed by atoms with Gasteiger partial charge in [-0.2, -0.15) is 0 Å². The van der Waals surface area contributed by atoms with Crippen molar-refractivity contribution in [3.05, 3.63) is 44.8 Å². The van der Waals surface area contributed by atoms with Gasteiger partial charge in [0.05, 0.1) is 22.8 Å². The first-order chi connectivity index (χ1) is 13.6. The average Bonchev–Trinajstić information content (AvgIpc) is 2.59. The molecule has 0 bridgehead atoms. The minimum Gasteiger partial charge on any atom is -0.495 e. The number of ether oxygens (including phenoxy) is 1. The first-order valence-corrected chi connectivity index (χ1v) is 12.0. The van der Waals surface area contributed by atoms with Crippen molar-refractivity contribution in [2.45, 2.75) is 30.8 Å². The van der Waals surface area contributed by atoms with Crippen molar-refractivity contribution >= 4 is 60.5 Å². The number of anilines is 2. The third-order valence-electron chi connectivity index (χ3n) is 4.58. The first kappa shape index (κ1) is 22.5. The Balaban J connectivity index is 1.98. The number of nitrogens with one attached hydrogen (secondary N) is 2. The van der Waals surface area contributed by atoms with E-state index in [1.54, 1.807) is 12.1 Å². The Kier molecular flexibility index (Phi) is 6.90. The molecule has 10 heteroatoms. The fraction of sp³-hybridized carbons (Fsp3) is 0.368. The molecule has 0 spiro atoms. The second-order valence-corrected chi connectivity index (χ2v) is 10.4. The standard InChI is InChI=1S/C19H22BrCl2N3O3S/c1-11-9-25(10-12(2)23-11)14-4-5-18(28-3)17(8-14)24-29(26,27)19-15(21)6-13(20)7-16(19)22/h4-8,11-12,23-24H,9-10H2,1-3H3/t11-,12+. The molecule has 0 aliphatic carbocycles. The van der Waals surface area contributed by atoms with Crippen LogP contribution in [0.15, 0.2) is 39.7 Å². The maximum Gasteiger partial charge on any atom is 0.265 e. The maximum absolute atomic E-state index is 13.0. The Bertz CT molecular complexity index is 987. The highest BCUT2D eigenvalue weighted by Crippen LogP contribution is 2.37. The number of sulfonamides is 1. The van der Waals surface area contributed by atoms with E-state index in [2.05, 4.69) is 44.7 Å². The molecule has 0 amide bonds. The van der Waals surface area contributed by atoms with Crippen LogP contribution in [-0.4, -0.2) is 40.7 Å². The van der Waals surface area contributed by atoms with Crippen molar-refractivity contribution < 1.29 is 13.2 Å². The normalized spacial score (nSPS) is 19.9. The molecule has 2 aromatic rings. The molecule has 3 rings (SSSR count). The SMILES string of the molecule is COc1ccc(N2C[C@@H](C)N[C@@H](C)C2)cc1NS(=O)(=O)c1c(Cl)cc(Br)cc1Cl. The minimum atomic E-state index is -4.04. The van der Waals surface area contributed by atoms with Crippen LogP contribution in [-0.2, 0) is 10.0 Å². The Hall–Kier alpha value is -1.19. The summed E-state index contributed by atoms with van der Waals surface area (Å²) < 4.78 is 34.6. The molecule has 0 radical (unpaired) electrons. The highest BCUT2D eigenvalue weighted by Gasteiger charge is 2.26. The van der Waals surface area contributed by atoms with Gasteiger partial charge in [0, 0.05) is 35.3 Å². The van der Waals surface area contributed by atoms with E-state index in [4.69, 9.17) is 27.9 Å². The molecule has 1 saturated heterocycles. The summed E-state index contributed by atoms with van der Waals surface area (Å²) >= 11 is 15.6. The Morgan fingerprint density at radius 1 is 1.14 bits per heavy atom. The van der Waals surface area contributed by atoms with E-state index in [1.807, 2.05) is 6.07 Å². The Labute approximate surface area is 189 Å². The molecule has 158 valence electrons. The van der Waals surface area contributed by atoms with Gasteiger partial charge >= 0.3 is 0 Å². The number of hydrogen-bond acceptors (Lipinski definition) is 5. The second kappa shape index (κ2) is 8.89. The predicted molar refractivity (Wildman–Crippen MR) is 122 cm³/mol. The van der Waals surface area contributed by atoms with Gasteiger partial charge in [0.25, 0.3) is 10.0 Å². The van der Waals surface area contributed by atoms with Gasteiger partial charge in [-0.1, -0.05) is 39.1 Å². The summed E-state index contributed by atoms with van der Waals surface area (Å²) in [5.74, 6) is 0.401. The molecule has 1 fully saturated rings. The summed E-state index contributed by atoms with van der Waals surface area (Å²) in [6, 6.07) is 9.04. The van der Waals surface area contributed by atoms with E-state index >= 15 is 0 Å². The zero-order valence-corrected chi connectivity index (χ0v) is 20.1. The topological polar surface area (TPSA) is 70.7 Å². The fourth-order valence-electron chi connectivity index (χ4n) is 3.49. The van der Waals surface area contributed by atoms with Gasteiger partial charge in [-0.15, -0.1) is 0 Å². The Morgan fingerprint density at radius 3 is 2.28 bits per heavy atom. The number of hydrogen-bond donors (Lipinski definition) is 2. The molecule has 2 atom stereocenters. The zero-order chi connectivity index (χ0) is 21.3. The third kappa shape index (κ3) is 5.11. The van der Waals surface area contributed by atoms with Crippen LogP contribution in [0.25, 0.3) is 0 Å². The number of benzene rings is 2. The molecule has 1 heterocycles. The lowest BCUT2D eigenvalue weighted by atomic mass is 10.1. The number of nitrogens with zero attached hydrogens (tertiary/aromatic N) is 1. The van der Waals surface area contributed by atoms with Crippen molar-refractivity contribution in [1.82, 2.24) is 5.32 Å². The van der Waals surface area contributed by atoms with Gasteiger partial charge in [-0.25, -0.2) is 8.42 Å². The lowest BCUT2D eigenvalue weighted by molar-refractivity contribution is 0.406. The van der Waals surface area contributed by atoms with Crippen molar-refractivity contribution in [2.75, 3.05) is 29.8 Å². The molecular formula is C19H22BrCl2N3O3S. The van der Waals surface area contributed by atoms with Crippen LogP contribution in [0.3, 0.4) is 0 Å². The summed E-state index contributed by atoms with van der Waals surface area (Å²) in [4.78, 5) is 2.03. The molecule has 1 aliphatic heterocycles. The van der Waals surface area contributed by atoms with Crippen molar-refractivity contribution in [2.24, 2.45) is 0 Å². The van der Waals surface area contributed by atoms with E-state index in [-0.39, 0.29) is 14.9 Å². The summed E-state index contributed by atoms with van der Waals surface area (Å²) in [7, 11) is -2.55. The monoisotopic (exact) mass is 521 g/mol. The summed E-state index contributed by atoms with van der Waals surface area (Å²) in [6.07, 6.45) is 0. The molecule has 1 aliphatic rings. The van der Waals surface area contributed by atoms with Gasteiger partial charge < -0.3 is 15.0 Å². The predicted octanol–water partition coefficient (Wildman–Crippen LogP) is 4.75.